The molecule has 76 valence electrons. The highest BCUT2D eigenvalue weighted by Crippen LogP contribution is 2.23. The summed E-state index contributed by atoms with van der Waals surface area (Å²) in [4.78, 5) is 12.6. The molecular formula is C9H17NO3. The summed E-state index contributed by atoms with van der Waals surface area (Å²) >= 11 is 0. The molecule has 0 aromatic rings. The van der Waals surface area contributed by atoms with E-state index in [2.05, 4.69) is 4.90 Å². The zero-order valence-corrected chi connectivity index (χ0v) is 7.99. The first-order chi connectivity index (χ1) is 6.06. The van der Waals surface area contributed by atoms with Gasteiger partial charge in [-0.3, -0.25) is 4.79 Å². The number of aliphatic carboxylic acids is 1. The Bertz CT molecular complexity index is 195. The first kappa shape index (κ1) is 10.5. The zero-order valence-electron chi connectivity index (χ0n) is 7.99. The number of carboxylic acids is 1. The van der Waals surface area contributed by atoms with Gasteiger partial charge in [0.15, 0.2) is 0 Å². The highest BCUT2D eigenvalue weighted by Gasteiger charge is 2.34. The van der Waals surface area contributed by atoms with Gasteiger partial charge < -0.3 is 15.1 Å². The number of carbonyl (C=O) groups is 1. The third-order valence-corrected chi connectivity index (χ3v) is 2.56. The molecule has 0 amide bonds. The largest absolute Gasteiger partial charge is 0.481 e. The van der Waals surface area contributed by atoms with Gasteiger partial charge in [0, 0.05) is 6.54 Å². The topological polar surface area (TPSA) is 60.8 Å². The lowest BCUT2D eigenvalue weighted by atomic mass is 9.90. The highest BCUT2D eigenvalue weighted by atomic mass is 16.4. The van der Waals surface area contributed by atoms with E-state index in [4.69, 9.17) is 5.11 Å². The third-order valence-electron chi connectivity index (χ3n) is 2.56. The van der Waals surface area contributed by atoms with Crippen molar-refractivity contribution < 1.29 is 15.0 Å². The molecule has 0 radical (unpaired) electrons. The van der Waals surface area contributed by atoms with E-state index in [-0.39, 0.29) is 6.42 Å². The number of likely N-dealkylation sites (tertiary alicyclic amines) is 1. The molecule has 1 saturated heterocycles. The number of rotatable bonds is 3. The quantitative estimate of drug-likeness (QED) is 0.667. The van der Waals surface area contributed by atoms with Crippen molar-refractivity contribution in [1.82, 2.24) is 4.90 Å². The molecule has 0 aromatic heterocycles. The van der Waals surface area contributed by atoms with Crippen molar-refractivity contribution in [3.05, 3.63) is 0 Å². The number of nitrogens with zero attached hydrogens (tertiary/aromatic N) is 1. The minimum Gasteiger partial charge on any atom is -0.481 e. The molecule has 1 heterocycles. The van der Waals surface area contributed by atoms with Crippen LogP contribution in [0.4, 0.5) is 0 Å². The van der Waals surface area contributed by atoms with Crippen LogP contribution in [0.5, 0.6) is 0 Å². The van der Waals surface area contributed by atoms with E-state index in [0.717, 1.165) is 19.5 Å². The number of aliphatic hydroxyl groups is 1. The van der Waals surface area contributed by atoms with Gasteiger partial charge in [0.2, 0.25) is 0 Å². The monoisotopic (exact) mass is 187 g/mol. The van der Waals surface area contributed by atoms with Crippen molar-refractivity contribution in [2.45, 2.75) is 31.8 Å². The van der Waals surface area contributed by atoms with Crippen molar-refractivity contribution in [3.8, 4) is 0 Å². The molecule has 13 heavy (non-hydrogen) atoms. The minimum atomic E-state index is -1.000. The Morgan fingerprint density at radius 2 is 2.31 bits per heavy atom. The smallest absolute Gasteiger partial charge is 0.306 e. The van der Waals surface area contributed by atoms with Crippen molar-refractivity contribution in [2.75, 3.05) is 19.6 Å². The molecule has 1 rings (SSSR count). The summed E-state index contributed by atoms with van der Waals surface area (Å²) in [6.45, 7) is 4.36. The average molecular weight is 187 g/mol. The van der Waals surface area contributed by atoms with Gasteiger partial charge in [0.1, 0.15) is 0 Å². The lowest BCUT2D eigenvalue weighted by molar-refractivity contribution is -0.144. The molecular weight excluding hydrogens is 170 g/mol. The van der Waals surface area contributed by atoms with Gasteiger partial charge in [-0.2, -0.15) is 0 Å². The number of likely N-dealkylation sites (N-methyl/N-ethyl adjacent to an activating group) is 1. The molecule has 1 atom stereocenters. The van der Waals surface area contributed by atoms with Crippen LogP contribution in [0.25, 0.3) is 0 Å². The molecule has 4 heteroatoms. The minimum absolute atomic E-state index is 0.135. The molecule has 1 aliphatic heterocycles. The molecule has 1 aliphatic rings. The standard InChI is InChI=1S/C9H17NO3/c1-2-10-5-3-4-9(13,7-10)6-8(11)12/h13H,2-7H2,1H3,(H,11,12). The van der Waals surface area contributed by atoms with Crippen LogP contribution in [0.15, 0.2) is 0 Å². The molecule has 0 aliphatic carbocycles. The fourth-order valence-electron chi connectivity index (χ4n) is 1.90. The van der Waals surface area contributed by atoms with Gasteiger partial charge in [0.25, 0.3) is 0 Å². The highest BCUT2D eigenvalue weighted by molar-refractivity contribution is 5.68. The number of carboxylic acid groups (broad SMARTS) is 1. The molecule has 1 fully saturated rings. The fraction of sp³-hybridized carbons (Fsp3) is 0.889. The summed E-state index contributed by atoms with van der Waals surface area (Å²) in [6, 6.07) is 0. The van der Waals surface area contributed by atoms with E-state index in [0.29, 0.717) is 13.0 Å². The van der Waals surface area contributed by atoms with E-state index in [1.165, 1.54) is 0 Å². The SMILES string of the molecule is CCN1CCCC(O)(CC(=O)O)C1. The lowest BCUT2D eigenvalue weighted by Crippen LogP contribution is -2.49. The van der Waals surface area contributed by atoms with Crippen LogP contribution in [0.1, 0.15) is 26.2 Å². The van der Waals surface area contributed by atoms with Gasteiger partial charge in [-0.15, -0.1) is 0 Å². The Kier molecular flexibility index (Phi) is 3.27. The average Bonchev–Trinajstić information content (AvgIpc) is 2.02. The number of hydrogen-bond donors (Lipinski definition) is 2. The van der Waals surface area contributed by atoms with Crippen molar-refractivity contribution >= 4 is 5.97 Å². The van der Waals surface area contributed by atoms with Crippen molar-refractivity contribution in [3.63, 3.8) is 0 Å². The van der Waals surface area contributed by atoms with Crippen molar-refractivity contribution in [1.29, 1.82) is 0 Å². The Morgan fingerprint density at radius 1 is 1.62 bits per heavy atom. The summed E-state index contributed by atoms with van der Waals surface area (Å²) in [5, 5.41) is 18.5. The number of piperidine rings is 1. The maximum Gasteiger partial charge on any atom is 0.306 e. The second-order valence-corrected chi connectivity index (χ2v) is 3.77. The first-order valence-electron chi connectivity index (χ1n) is 4.72. The van der Waals surface area contributed by atoms with Crippen LogP contribution in [0.3, 0.4) is 0 Å². The van der Waals surface area contributed by atoms with Crippen LogP contribution >= 0.6 is 0 Å². The van der Waals surface area contributed by atoms with E-state index in [1.807, 2.05) is 6.92 Å². The maximum atomic E-state index is 10.5. The van der Waals surface area contributed by atoms with Crippen LogP contribution in [-0.2, 0) is 4.79 Å². The van der Waals surface area contributed by atoms with E-state index >= 15 is 0 Å². The Hall–Kier alpha value is -0.610. The fourth-order valence-corrected chi connectivity index (χ4v) is 1.90. The summed E-state index contributed by atoms with van der Waals surface area (Å²) < 4.78 is 0. The predicted octanol–water partition coefficient (Wildman–Crippen LogP) is 0.308. The second kappa shape index (κ2) is 4.07. The van der Waals surface area contributed by atoms with Gasteiger partial charge in [-0.05, 0) is 25.9 Å². The second-order valence-electron chi connectivity index (χ2n) is 3.77. The Labute approximate surface area is 78.2 Å². The van der Waals surface area contributed by atoms with Crippen LogP contribution in [0, 0.1) is 0 Å². The maximum absolute atomic E-state index is 10.5. The Morgan fingerprint density at radius 3 is 2.85 bits per heavy atom. The molecule has 0 aromatic carbocycles. The summed E-state index contributed by atoms with van der Waals surface area (Å²) in [6.07, 6.45) is 1.36. The van der Waals surface area contributed by atoms with Crippen molar-refractivity contribution in [2.24, 2.45) is 0 Å². The molecule has 4 nitrogen and oxygen atoms in total. The Balaban J connectivity index is 2.51. The van der Waals surface area contributed by atoms with Crippen LogP contribution in [0.2, 0.25) is 0 Å². The van der Waals surface area contributed by atoms with Gasteiger partial charge in [-0.25, -0.2) is 0 Å². The van der Waals surface area contributed by atoms with Gasteiger partial charge >= 0.3 is 5.97 Å². The molecule has 1 unspecified atom stereocenters. The molecule has 2 N–H and O–H groups in total. The molecule has 0 saturated carbocycles. The third kappa shape index (κ3) is 2.97. The molecule has 0 bridgehead atoms. The van der Waals surface area contributed by atoms with Crippen LogP contribution in [-0.4, -0.2) is 46.3 Å². The van der Waals surface area contributed by atoms with Crippen LogP contribution < -0.4 is 0 Å². The number of hydrogen-bond acceptors (Lipinski definition) is 3. The normalized spacial score (nSPS) is 30.3. The zero-order chi connectivity index (χ0) is 9.90. The summed E-state index contributed by atoms with van der Waals surface area (Å²) in [7, 11) is 0. The predicted molar refractivity (Wildman–Crippen MR) is 48.6 cm³/mol. The number of β-amino-alcohol motifs (C(OH)–C–C–N with tert-alkyl or cyclic N) is 1. The van der Waals surface area contributed by atoms with Gasteiger partial charge in [0.05, 0.1) is 12.0 Å². The first-order valence-corrected chi connectivity index (χ1v) is 4.72. The van der Waals surface area contributed by atoms with E-state index in [1.54, 1.807) is 0 Å². The molecule has 0 spiro atoms. The van der Waals surface area contributed by atoms with E-state index < -0.39 is 11.6 Å². The summed E-state index contributed by atoms with van der Waals surface area (Å²) in [5.74, 6) is -0.916. The van der Waals surface area contributed by atoms with Gasteiger partial charge in [-0.1, -0.05) is 6.92 Å². The summed E-state index contributed by atoms with van der Waals surface area (Å²) in [5.41, 5.74) is -1.000. The van der Waals surface area contributed by atoms with E-state index in [9.17, 15) is 9.90 Å². The lowest BCUT2D eigenvalue weighted by Gasteiger charge is -2.37.